The first kappa shape index (κ1) is 21.9. The number of thiol groups is 1. The van der Waals surface area contributed by atoms with Crippen molar-refractivity contribution in [2.45, 2.75) is 50.7 Å². The van der Waals surface area contributed by atoms with Crippen molar-refractivity contribution in [2.75, 3.05) is 13.1 Å². The van der Waals surface area contributed by atoms with Crippen molar-refractivity contribution in [3.63, 3.8) is 0 Å². The molecule has 1 aliphatic heterocycles. The summed E-state index contributed by atoms with van der Waals surface area (Å²) in [7, 11) is 0. The fourth-order valence-electron chi connectivity index (χ4n) is 3.61. The van der Waals surface area contributed by atoms with Crippen molar-refractivity contribution < 1.29 is 22.8 Å². The van der Waals surface area contributed by atoms with Crippen LogP contribution in [0.15, 0.2) is 36.4 Å². The van der Waals surface area contributed by atoms with Crippen molar-refractivity contribution in [3.8, 4) is 11.5 Å². The lowest BCUT2D eigenvalue weighted by Gasteiger charge is -2.26. The standard InChI is InChI=1S/C22H27F2NO3S/c23-17-5-8-21-16(13-17)4-7-20(27-21)10-11-25-14-19(26)3-1-2-15-12-18(24)6-9-22(15)28-29/h5-6,8-9,12-13,19-20,25-26,29H,1-4,7,10-11,14H2. The van der Waals surface area contributed by atoms with Gasteiger partial charge in [-0.1, -0.05) is 0 Å². The average molecular weight is 424 g/mol. The molecule has 29 heavy (non-hydrogen) atoms. The van der Waals surface area contributed by atoms with Gasteiger partial charge in [0.05, 0.1) is 6.10 Å². The normalized spacial score (nSPS) is 16.8. The Bertz CT molecular complexity index is 806. The van der Waals surface area contributed by atoms with Crippen LogP contribution in [0.2, 0.25) is 0 Å². The average Bonchev–Trinajstić information content (AvgIpc) is 2.71. The number of benzene rings is 2. The Morgan fingerprint density at radius 1 is 1.21 bits per heavy atom. The number of ether oxygens (including phenoxy) is 1. The molecule has 0 radical (unpaired) electrons. The number of fused-ring (bicyclic) bond motifs is 1. The van der Waals surface area contributed by atoms with Crippen LogP contribution in [0.3, 0.4) is 0 Å². The molecule has 2 atom stereocenters. The topological polar surface area (TPSA) is 50.7 Å². The fourth-order valence-corrected chi connectivity index (χ4v) is 3.79. The molecular weight excluding hydrogens is 396 g/mol. The molecule has 2 N–H and O–H groups in total. The van der Waals surface area contributed by atoms with E-state index < -0.39 is 6.10 Å². The third-order valence-corrected chi connectivity index (χ3v) is 5.38. The zero-order chi connectivity index (χ0) is 20.6. The number of aryl methyl sites for hydroxylation is 2. The molecule has 0 aliphatic carbocycles. The summed E-state index contributed by atoms with van der Waals surface area (Å²) in [6.45, 7) is 1.23. The molecule has 158 valence electrons. The minimum atomic E-state index is -0.472. The maximum Gasteiger partial charge on any atom is 0.140 e. The number of hydrogen-bond donors (Lipinski definition) is 3. The van der Waals surface area contributed by atoms with Gasteiger partial charge in [0.2, 0.25) is 0 Å². The highest BCUT2D eigenvalue weighted by Gasteiger charge is 2.19. The maximum absolute atomic E-state index is 13.4. The number of aliphatic hydroxyl groups is 1. The summed E-state index contributed by atoms with van der Waals surface area (Å²) in [6, 6.07) is 8.97. The van der Waals surface area contributed by atoms with Crippen molar-refractivity contribution >= 4 is 12.9 Å². The highest BCUT2D eigenvalue weighted by molar-refractivity contribution is 7.75. The van der Waals surface area contributed by atoms with Crippen LogP contribution in [-0.2, 0) is 12.8 Å². The van der Waals surface area contributed by atoms with E-state index in [4.69, 9.17) is 8.92 Å². The van der Waals surface area contributed by atoms with Gasteiger partial charge in [-0.25, -0.2) is 8.78 Å². The summed E-state index contributed by atoms with van der Waals surface area (Å²) in [5, 5.41) is 13.4. The van der Waals surface area contributed by atoms with Gasteiger partial charge in [0, 0.05) is 19.5 Å². The zero-order valence-electron chi connectivity index (χ0n) is 16.2. The number of rotatable bonds is 10. The van der Waals surface area contributed by atoms with Crippen molar-refractivity contribution in [3.05, 3.63) is 59.2 Å². The summed E-state index contributed by atoms with van der Waals surface area (Å²) >= 11 is 3.79. The molecule has 2 aromatic carbocycles. The fraction of sp³-hybridized carbons (Fsp3) is 0.455. The van der Waals surface area contributed by atoms with Gasteiger partial charge in [-0.15, -0.1) is 0 Å². The van der Waals surface area contributed by atoms with E-state index >= 15 is 0 Å². The van der Waals surface area contributed by atoms with Crippen LogP contribution < -0.4 is 14.2 Å². The van der Waals surface area contributed by atoms with Crippen LogP contribution in [-0.4, -0.2) is 30.4 Å². The molecule has 0 spiro atoms. The van der Waals surface area contributed by atoms with Gasteiger partial charge in [-0.2, -0.15) is 0 Å². The molecule has 0 saturated carbocycles. The largest absolute Gasteiger partial charge is 0.490 e. The van der Waals surface area contributed by atoms with Gasteiger partial charge >= 0.3 is 0 Å². The summed E-state index contributed by atoms with van der Waals surface area (Å²) in [5.74, 6) is 0.769. The predicted octanol–water partition coefficient (Wildman–Crippen LogP) is 4.25. The molecule has 0 bridgehead atoms. The Kier molecular flexibility index (Phi) is 8.15. The van der Waals surface area contributed by atoms with E-state index in [9.17, 15) is 13.9 Å². The lowest BCUT2D eigenvalue weighted by atomic mass is 10.0. The van der Waals surface area contributed by atoms with Gasteiger partial charge < -0.3 is 19.3 Å². The molecule has 0 saturated heterocycles. The minimum Gasteiger partial charge on any atom is -0.490 e. The Hall–Kier alpha value is -1.83. The van der Waals surface area contributed by atoms with E-state index in [0.717, 1.165) is 49.1 Å². The van der Waals surface area contributed by atoms with Gasteiger partial charge in [0.1, 0.15) is 29.2 Å². The van der Waals surface area contributed by atoms with E-state index in [-0.39, 0.29) is 17.7 Å². The van der Waals surface area contributed by atoms with Gasteiger partial charge in [-0.3, -0.25) is 0 Å². The van der Waals surface area contributed by atoms with Crippen LogP contribution in [0, 0.1) is 11.6 Å². The molecule has 2 unspecified atom stereocenters. The zero-order valence-corrected chi connectivity index (χ0v) is 17.1. The first-order valence-electron chi connectivity index (χ1n) is 9.99. The molecule has 1 aliphatic rings. The maximum atomic E-state index is 13.4. The second kappa shape index (κ2) is 10.8. The van der Waals surface area contributed by atoms with Gasteiger partial charge in [0.25, 0.3) is 0 Å². The molecule has 2 aromatic rings. The third kappa shape index (κ3) is 6.59. The number of aliphatic hydroxyl groups excluding tert-OH is 1. The SMILES string of the molecule is OC(CCCc1cc(F)ccc1OS)CNCCC1CCc2cc(F)ccc2O1. The molecule has 0 amide bonds. The van der Waals surface area contributed by atoms with Crippen molar-refractivity contribution in [2.24, 2.45) is 0 Å². The highest BCUT2D eigenvalue weighted by atomic mass is 32.1. The number of halogens is 2. The first-order valence-corrected chi connectivity index (χ1v) is 10.4. The predicted molar refractivity (Wildman–Crippen MR) is 112 cm³/mol. The smallest absolute Gasteiger partial charge is 0.140 e. The Morgan fingerprint density at radius 3 is 2.83 bits per heavy atom. The van der Waals surface area contributed by atoms with E-state index in [2.05, 4.69) is 18.2 Å². The molecular formula is C22H27F2NO3S. The van der Waals surface area contributed by atoms with Crippen LogP contribution in [0.4, 0.5) is 8.78 Å². The third-order valence-electron chi connectivity index (χ3n) is 5.18. The summed E-state index contributed by atoms with van der Waals surface area (Å²) in [4.78, 5) is 0. The van der Waals surface area contributed by atoms with Crippen LogP contribution >= 0.6 is 12.9 Å². The first-order chi connectivity index (χ1) is 14.0. The Morgan fingerprint density at radius 2 is 2.00 bits per heavy atom. The number of hydrogen-bond acceptors (Lipinski definition) is 5. The van der Waals surface area contributed by atoms with Crippen molar-refractivity contribution in [1.29, 1.82) is 0 Å². The highest BCUT2D eigenvalue weighted by Crippen LogP contribution is 2.29. The van der Waals surface area contributed by atoms with E-state index in [1.807, 2.05) is 0 Å². The monoisotopic (exact) mass is 423 g/mol. The summed E-state index contributed by atoms with van der Waals surface area (Å²) < 4.78 is 37.5. The summed E-state index contributed by atoms with van der Waals surface area (Å²) in [5.41, 5.74) is 1.67. The molecule has 0 aromatic heterocycles. The summed E-state index contributed by atoms with van der Waals surface area (Å²) in [6.07, 6.45) is 4.08. The van der Waals surface area contributed by atoms with Crippen molar-refractivity contribution in [1.82, 2.24) is 5.32 Å². The van der Waals surface area contributed by atoms with E-state index in [1.54, 1.807) is 12.1 Å². The minimum absolute atomic E-state index is 0.102. The molecule has 0 fully saturated rings. The lowest BCUT2D eigenvalue weighted by Crippen LogP contribution is -2.32. The van der Waals surface area contributed by atoms with E-state index in [1.165, 1.54) is 24.3 Å². The molecule has 1 heterocycles. The molecule has 7 heteroatoms. The van der Waals surface area contributed by atoms with E-state index in [0.29, 0.717) is 25.1 Å². The number of nitrogens with one attached hydrogen (secondary N) is 1. The van der Waals surface area contributed by atoms with Crippen LogP contribution in [0.25, 0.3) is 0 Å². The van der Waals surface area contributed by atoms with Gasteiger partial charge in [0.15, 0.2) is 0 Å². The Balaban J connectivity index is 1.31. The Labute approximate surface area is 175 Å². The van der Waals surface area contributed by atoms with Crippen LogP contribution in [0.1, 0.15) is 36.8 Å². The lowest BCUT2D eigenvalue weighted by molar-refractivity contribution is 0.146. The second-order valence-electron chi connectivity index (χ2n) is 7.41. The van der Waals surface area contributed by atoms with Gasteiger partial charge in [-0.05, 0) is 92.6 Å². The molecule has 3 rings (SSSR count). The van der Waals surface area contributed by atoms with Crippen LogP contribution in [0.5, 0.6) is 11.5 Å². The quantitative estimate of drug-likeness (QED) is 0.304. The second-order valence-corrected chi connectivity index (χ2v) is 7.60. The molecule has 4 nitrogen and oxygen atoms in total.